The first-order chi connectivity index (χ1) is 5.22. The Morgan fingerprint density at radius 1 is 1.45 bits per heavy atom. The van der Waals surface area contributed by atoms with Crippen molar-refractivity contribution in [1.29, 1.82) is 0 Å². The van der Waals surface area contributed by atoms with Gasteiger partial charge in [0.05, 0.1) is 6.10 Å². The van der Waals surface area contributed by atoms with Crippen LogP contribution in [-0.2, 0) is 4.74 Å². The van der Waals surface area contributed by atoms with Gasteiger partial charge in [-0.25, -0.2) is 6.57 Å². The van der Waals surface area contributed by atoms with Crippen molar-refractivity contribution < 1.29 is 4.74 Å². The molecule has 3 atom stereocenters. The van der Waals surface area contributed by atoms with E-state index in [0.717, 1.165) is 18.8 Å². The van der Waals surface area contributed by atoms with Crippen LogP contribution in [0, 0.1) is 12.5 Å². The van der Waals surface area contributed by atoms with E-state index in [1.807, 2.05) is 0 Å². The summed E-state index contributed by atoms with van der Waals surface area (Å²) in [5.41, 5.74) is 0. The van der Waals surface area contributed by atoms with E-state index >= 15 is 0 Å². The second-order valence-corrected chi connectivity index (χ2v) is 3.49. The van der Waals surface area contributed by atoms with Crippen LogP contribution in [0.15, 0.2) is 0 Å². The summed E-state index contributed by atoms with van der Waals surface area (Å²) in [4.78, 5) is 3.35. The van der Waals surface area contributed by atoms with Crippen molar-refractivity contribution in [2.24, 2.45) is 5.92 Å². The summed E-state index contributed by atoms with van der Waals surface area (Å²) in [5, 5.41) is 0. The van der Waals surface area contributed by atoms with Crippen molar-refractivity contribution in [3.8, 4) is 0 Å². The molecule has 11 heavy (non-hydrogen) atoms. The Balaban J connectivity index is 2.38. The van der Waals surface area contributed by atoms with Crippen LogP contribution < -0.4 is 0 Å². The molecule has 2 nitrogen and oxygen atoms in total. The predicted octanol–water partition coefficient (Wildman–Crippen LogP) is 2.11. The Kier molecular flexibility index (Phi) is 2.90. The average Bonchev–Trinajstić information content (AvgIpc) is 1.85. The molecule has 1 aliphatic rings. The first-order valence-electron chi connectivity index (χ1n) is 4.21. The SMILES string of the molecule is [C-]#[N+]CC1CC(C)CC(C)O1. The second-order valence-electron chi connectivity index (χ2n) is 3.49. The van der Waals surface area contributed by atoms with Crippen LogP contribution in [0.4, 0.5) is 0 Å². The van der Waals surface area contributed by atoms with Crippen molar-refractivity contribution in [2.75, 3.05) is 6.54 Å². The van der Waals surface area contributed by atoms with E-state index in [-0.39, 0.29) is 6.10 Å². The molecule has 1 aliphatic heterocycles. The number of ether oxygens (including phenoxy) is 1. The van der Waals surface area contributed by atoms with Crippen molar-refractivity contribution in [1.82, 2.24) is 0 Å². The highest BCUT2D eigenvalue weighted by molar-refractivity contribution is 4.78. The highest BCUT2D eigenvalue weighted by Gasteiger charge is 2.25. The normalized spacial score (nSPS) is 38.1. The van der Waals surface area contributed by atoms with Gasteiger partial charge >= 0.3 is 0 Å². The first kappa shape index (κ1) is 8.55. The zero-order chi connectivity index (χ0) is 8.27. The zero-order valence-electron chi connectivity index (χ0n) is 7.21. The van der Waals surface area contributed by atoms with Gasteiger partial charge in [-0.1, -0.05) is 6.92 Å². The molecule has 0 aromatic carbocycles. The number of hydrogen-bond donors (Lipinski definition) is 0. The van der Waals surface area contributed by atoms with E-state index in [1.54, 1.807) is 0 Å². The molecule has 0 amide bonds. The summed E-state index contributed by atoms with van der Waals surface area (Å²) in [5.74, 6) is 0.727. The van der Waals surface area contributed by atoms with Crippen LogP contribution in [-0.4, -0.2) is 18.8 Å². The molecule has 0 bridgehead atoms. The van der Waals surface area contributed by atoms with Crippen molar-refractivity contribution >= 4 is 0 Å². The highest BCUT2D eigenvalue weighted by atomic mass is 16.5. The fraction of sp³-hybridized carbons (Fsp3) is 0.889. The second kappa shape index (κ2) is 3.73. The number of hydrogen-bond acceptors (Lipinski definition) is 1. The van der Waals surface area contributed by atoms with E-state index in [1.165, 1.54) is 0 Å². The van der Waals surface area contributed by atoms with Gasteiger partial charge in [-0.05, 0) is 25.7 Å². The molecule has 1 saturated heterocycles. The molecule has 1 heterocycles. The largest absolute Gasteiger partial charge is 0.367 e. The van der Waals surface area contributed by atoms with Gasteiger partial charge in [-0.3, -0.25) is 0 Å². The average molecular weight is 153 g/mol. The third-order valence-electron chi connectivity index (χ3n) is 2.12. The van der Waals surface area contributed by atoms with Crippen LogP contribution in [0.25, 0.3) is 4.85 Å². The molecule has 1 fully saturated rings. The summed E-state index contributed by atoms with van der Waals surface area (Å²) >= 11 is 0. The third kappa shape index (κ3) is 2.51. The van der Waals surface area contributed by atoms with Crippen LogP contribution in [0.3, 0.4) is 0 Å². The minimum absolute atomic E-state index is 0.200. The molecule has 0 spiro atoms. The number of nitrogens with zero attached hydrogens (tertiary/aromatic N) is 1. The summed E-state index contributed by atoms with van der Waals surface area (Å²) in [6.07, 6.45) is 2.76. The Bertz CT molecular complexity index is 151. The first-order valence-corrected chi connectivity index (χ1v) is 4.21. The summed E-state index contributed by atoms with van der Waals surface area (Å²) in [6, 6.07) is 0. The maximum absolute atomic E-state index is 6.72. The Morgan fingerprint density at radius 3 is 2.73 bits per heavy atom. The summed E-state index contributed by atoms with van der Waals surface area (Å²) < 4.78 is 5.58. The Hall–Kier alpha value is -0.550. The van der Waals surface area contributed by atoms with E-state index in [4.69, 9.17) is 11.3 Å². The topological polar surface area (TPSA) is 13.6 Å². The lowest BCUT2D eigenvalue weighted by molar-refractivity contribution is -0.0497. The lowest BCUT2D eigenvalue weighted by Gasteiger charge is -2.29. The van der Waals surface area contributed by atoms with Gasteiger partial charge in [0.15, 0.2) is 0 Å². The molecule has 62 valence electrons. The highest BCUT2D eigenvalue weighted by Crippen LogP contribution is 2.24. The molecule has 3 unspecified atom stereocenters. The maximum atomic E-state index is 6.72. The third-order valence-corrected chi connectivity index (χ3v) is 2.12. The molecule has 0 radical (unpaired) electrons. The van der Waals surface area contributed by atoms with E-state index in [9.17, 15) is 0 Å². The van der Waals surface area contributed by atoms with Crippen molar-refractivity contribution in [3.63, 3.8) is 0 Å². The van der Waals surface area contributed by atoms with Gasteiger partial charge in [-0.2, -0.15) is 0 Å². The molecular formula is C9H15NO. The fourth-order valence-corrected chi connectivity index (χ4v) is 1.77. The number of rotatable bonds is 1. The minimum Gasteiger partial charge on any atom is -0.367 e. The molecule has 0 aliphatic carbocycles. The van der Waals surface area contributed by atoms with Gasteiger partial charge in [0.1, 0.15) is 6.10 Å². The molecule has 1 rings (SSSR count). The predicted molar refractivity (Wildman–Crippen MR) is 44.2 cm³/mol. The fourth-order valence-electron chi connectivity index (χ4n) is 1.77. The molecule has 0 saturated carbocycles. The van der Waals surface area contributed by atoms with Crippen molar-refractivity contribution in [3.05, 3.63) is 11.4 Å². The van der Waals surface area contributed by atoms with Gasteiger partial charge < -0.3 is 9.58 Å². The van der Waals surface area contributed by atoms with E-state index < -0.39 is 0 Å². The zero-order valence-corrected chi connectivity index (χ0v) is 7.21. The van der Waals surface area contributed by atoms with E-state index in [2.05, 4.69) is 18.7 Å². The van der Waals surface area contributed by atoms with Crippen LogP contribution in [0.1, 0.15) is 26.7 Å². The van der Waals surface area contributed by atoms with Gasteiger partial charge in [0.25, 0.3) is 0 Å². The van der Waals surface area contributed by atoms with Gasteiger partial charge in [0.2, 0.25) is 6.54 Å². The van der Waals surface area contributed by atoms with Crippen LogP contribution in [0.5, 0.6) is 0 Å². The van der Waals surface area contributed by atoms with E-state index in [0.29, 0.717) is 12.6 Å². The smallest absolute Gasteiger partial charge is 0.240 e. The molecule has 0 N–H and O–H groups in total. The van der Waals surface area contributed by atoms with Crippen molar-refractivity contribution in [2.45, 2.75) is 38.9 Å². The van der Waals surface area contributed by atoms with Crippen LogP contribution >= 0.6 is 0 Å². The molecule has 0 aromatic heterocycles. The Labute approximate surface area is 68.4 Å². The lowest BCUT2D eigenvalue weighted by Crippen LogP contribution is -2.31. The lowest BCUT2D eigenvalue weighted by atomic mass is 9.94. The monoisotopic (exact) mass is 153 g/mol. The van der Waals surface area contributed by atoms with Gasteiger partial charge in [-0.15, -0.1) is 0 Å². The molecule has 2 heteroatoms. The summed E-state index contributed by atoms with van der Waals surface area (Å²) in [7, 11) is 0. The molecule has 0 aromatic rings. The summed E-state index contributed by atoms with van der Waals surface area (Å²) in [6.45, 7) is 11.6. The van der Waals surface area contributed by atoms with Gasteiger partial charge in [0, 0.05) is 0 Å². The minimum atomic E-state index is 0.200. The standard InChI is InChI=1S/C9H15NO/c1-7-4-8(2)11-9(5-7)6-10-3/h7-9H,4-6H2,1-2H3. The Morgan fingerprint density at radius 2 is 2.18 bits per heavy atom. The maximum Gasteiger partial charge on any atom is 0.240 e. The quantitative estimate of drug-likeness (QED) is 0.526. The van der Waals surface area contributed by atoms with Crippen LogP contribution in [0.2, 0.25) is 0 Å². The molecular weight excluding hydrogens is 138 g/mol.